The molecule has 1 heterocycles. The molecular weight excluding hydrogens is 421 g/mol. The molecule has 0 aliphatic carbocycles. The largest absolute Gasteiger partial charge is 0.497 e. The zero-order valence-corrected chi connectivity index (χ0v) is 18.0. The maximum atomic E-state index is 13.0. The average molecular weight is 444 g/mol. The number of allylic oxidation sites excluding steroid dienone is 1. The fourth-order valence-electron chi connectivity index (χ4n) is 2.76. The van der Waals surface area contributed by atoms with Crippen LogP contribution in [0.1, 0.15) is 16.2 Å². The molecule has 0 bridgehead atoms. The van der Waals surface area contributed by atoms with Crippen molar-refractivity contribution in [3.63, 3.8) is 0 Å². The number of hydrogen-bond donors (Lipinski definition) is 0. The van der Waals surface area contributed by atoms with Crippen LogP contribution in [-0.4, -0.2) is 40.5 Å². The molecule has 0 unspecified atom stereocenters. The van der Waals surface area contributed by atoms with E-state index >= 15 is 0 Å². The van der Waals surface area contributed by atoms with Crippen molar-refractivity contribution in [1.82, 2.24) is 14.8 Å². The molecule has 1 aromatic heterocycles. The minimum atomic E-state index is -0.334. The maximum absolute atomic E-state index is 13.0. The highest BCUT2D eigenvalue weighted by Crippen LogP contribution is 2.27. The Hall–Kier alpha value is -3.33. The van der Waals surface area contributed by atoms with Gasteiger partial charge in [-0.25, -0.2) is 4.39 Å². The van der Waals surface area contributed by atoms with Crippen LogP contribution in [0.3, 0.4) is 0 Å². The van der Waals surface area contributed by atoms with Crippen LogP contribution in [0.2, 0.25) is 0 Å². The third kappa shape index (κ3) is 5.64. The third-order valence-corrected chi connectivity index (χ3v) is 5.29. The van der Waals surface area contributed by atoms with Crippen LogP contribution in [-0.2, 0) is 13.2 Å². The fraction of sp³-hybridized carbons (Fsp3) is 0.227. The molecule has 31 heavy (non-hydrogen) atoms. The lowest BCUT2D eigenvalue weighted by Crippen LogP contribution is -2.09. The molecule has 3 aromatic rings. The minimum Gasteiger partial charge on any atom is -0.497 e. The van der Waals surface area contributed by atoms with Crippen molar-refractivity contribution in [2.75, 3.05) is 20.0 Å². The summed E-state index contributed by atoms with van der Waals surface area (Å²) in [6, 6.07) is 10.8. The number of aromatic nitrogens is 3. The Morgan fingerprint density at radius 3 is 2.55 bits per heavy atom. The molecule has 2 aromatic carbocycles. The van der Waals surface area contributed by atoms with Gasteiger partial charge in [-0.05, 0) is 36.4 Å². The summed E-state index contributed by atoms with van der Waals surface area (Å²) in [6.45, 7) is 4.37. The van der Waals surface area contributed by atoms with Crippen molar-refractivity contribution in [3.8, 4) is 17.2 Å². The number of methoxy groups -OCH3 is 2. The molecular formula is C22H22FN3O4S. The van der Waals surface area contributed by atoms with Crippen LogP contribution in [0.25, 0.3) is 0 Å². The molecule has 0 fully saturated rings. The number of hydrogen-bond acceptors (Lipinski definition) is 7. The molecule has 9 heteroatoms. The molecule has 0 saturated heterocycles. The average Bonchev–Trinajstić information content (AvgIpc) is 3.18. The smallest absolute Gasteiger partial charge is 0.192 e. The molecule has 0 aliphatic heterocycles. The van der Waals surface area contributed by atoms with Crippen LogP contribution >= 0.6 is 11.8 Å². The molecule has 0 amide bonds. The number of ketones is 1. The SMILES string of the molecule is C=CCn1c(COc2ccc(F)cc2)nnc1SCC(=O)c1ccc(OC)cc1OC. The van der Waals surface area contributed by atoms with Gasteiger partial charge < -0.3 is 14.2 Å². The van der Waals surface area contributed by atoms with Crippen molar-refractivity contribution in [3.05, 3.63) is 72.3 Å². The number of ether oxygens (including phenoxy) is 3. The minimum absolute atomic E-state index is 0.109. The van der Waals surface area contributed by atoms with Gasteiger partial charge in [0.15, 0.2) is 16.8 Å². The second-order valence-corrected chi connectivity index (χ2v) is 7.26. The summed E-state index contributed by atoms with van der Waals surface area (Å²) >= 11 is 1.26. The molecule has 162 valence electrons. The van der Waals surface area contributed by atoms with Gasteiger partial charge in [0.2, 0.25) is 0 Å². The molecule has 0 spiro atoms. The number of halogens is 1. The van der Waals surface area contributed by atoms with E-state index in [4.69, 9.17) is 14.2 Å². The Morgan fingerprint density at radius 1 is 1.13 bits per heavy atom. The number of rotatable bonds is 11. The summed E-state index contributed by atoms with van der Waals surface area (Å²) in [5.74, 6) is 1.85. The third-order valence-electron chi connectivity index (χ3n) is 4.33. The number of carbonyl (C=O) groups is 1. The van der Waals surface area contributed by atoms with E-state index in [0.29, 0.717) is 40.3 Å². The lowest BCUT2D eigenvalue weighted by Gasteiger charge is -2.10. The first-order valence-corrected chi connectivity index (χ1v) is 10.3. The van der Waals surface area contributed by atoms with Crippen molar-refractivity contribution in [2.45, 2.75) is 18.3 Å². The van der Waals surface area contributed by atoms with Gasteiger partial charge in [-0.3, -0.25) is 9.36 Å². The van der Waals surface area contributed by atoms with E-state index in [-0.39, 0.29) is 24.0 Å². The zero-order valence-electron chi connectivity index (χ0n) is 17.2. The number of nitrogens with zero attached hydrogens (tertiary/aromatic N) is 3. The number of thioether (sulfide) groups is 1. The summed E-state index contributed by atoms with van der Waals surface area (Å²) in [4.78, 5) is 12.7. The van der Waals surface area contributed by atoms with Crippen molar-refractivity contribution >= 4 is 17.5 Å². The van der Waals surface area contributed by atoms with Gasteiger partial charge in [-0.1, -0.05) is 17.8 Å². The van der Waals surface area contributed by atoms with Crippen LogP contribution in [0, 0.1) is 5.82 Å². The number of carbonyl (C=O) groups excluding carboxylic acids is 1. The van der Waals surface area contributed by atoms with Crippen LogP contribution < -0.4 is 14.2 Å². The van der Waals surface area contributed by atoms with Crippen molar-refractivity contribution < 1.29 is 23.4 Å². The summed E-state index contributed by atoms with van der Waals surface area (Å²) in [6.07, 6.45) is 1.71. The zero-order chi connectivity index (χ0) is 22.2. The second-order valence-electron chi connectivity index (χ2n) is 6.32. The van der Waals surface area contributed by atoms with Gasteiger partial charge in [0.25, 0.3) is 0 Å². The summed E-state index contributed by atoms with van der Waals surface area (Å²) in [7, 11) is 3.06. The van der Waals surface area contributed by atoms with Gasteiger partial charge in [0.05, 0.1) is 25.5 Å². The van der Waals surface area contributed by atoms with E-state index in [2.05, 4.69) is 16.8 Å². The normalized spacial score (nSPS) is 10.5. The van der Waals surface area contributed by atoms with Crippen LogP contribution in [0.15, 0.2) is 60.3 Å². The monoisotopic (exact) mass is 443 g/mol. The van der Waals surface area contributed by atoms with E-state index in [0.717, 1.165) is 0 Å². The topological polar surface area (TPSA) is 75.5 Å². The summed E-state index contributed by atoms with van der Waals surface area (Å²) < 4.78 is 31.0. The predicted octanol–water partition coefficient (Wildman–Crippen LogP) is 4.17. The molecule has 7 nitrogen and oxygen atoms in total. The van der Waals surface area contributed by atoms with Crippen molar-refractivity contribution in [2.24, 2.45) is 0 Å². The Labute approximate surface area is 183 Å². The molecule has 0 aliphatic rings. The maximum Gasteiger partial charge on any atom is 0.192 e. The summed E-state index contributed by atoms with van der Waals surface area (Å²) in [5, 5.41) is 8.92. The standard InChI is InChI=1S/C22H22FN3O4S/c1-4-11-26-21(13-30-16-7-5-15(23)6-8-16)24-25-22(26)31-14-19(27)18-10-9-17(28-2)12-20(18)29-3/h4-10,12H,1,11,13-14H2,2-3H3. The van der Waals surface area contributed by atoms with Gasteiger partial charge >= 0.3 is 0 Å². The molecule has 0 N–H and O–H groups in total. The van der Waals surface area contributed by atoms with E-state index in [1.165, 1.54) is 31.0 Å². The van der Waals surface area contributed by atoms with Gasteiger partial charge in [-0.2, -0.15) is 0 Å². The Kier molecular flexibility index (Phi) is 7.66. The highest BCUT2D eigenvalue weighted by Gasteiger charge is 2.17. The van der Waals surface area contributed by atoms with Crippen LogP contribution in [0.4, 0.5) is 4.39 Å². The first kappa shape index (κ1) is 22.4. The lowest BCUT2D eigenvalue weighted by atomic mass is 10.1. The van der Waals surface area contributed by atoms with Gasteiger partial charge in [0, 0.05) is 12.6 Å². The fourth-order valence-corrected chi connectivity index (χ4v) is 3.61. The highest BCUT2D eigenvalue weighted by atomic mass is 32.2. The number of benzene rings is 2. The van der Waals surface area contributed by atoms with E-state index in [9.17, 15) is 9.18 Å². The van der Waals surface area contributed by atoms with Crippen molar-refractivity contribution in [1.29, 1.82) is 0 Å². The predicted molar refractivity (Wildman–Crippen MR) is 116 cm³/mol. The van der Waals surface area contributed by atoms with Gasteiger partial charge in [-0.15, -0.1) is 16.8 Å². The lowest BCUT2D eigenvalue weighted by molar-refractivity contribution is 0.101. The Bertz CT molecular complexity index is 1050. The summed E-state index contributed by atoms with van der Waals surface area (Å²) in [5.41, 5.74) is 0.463. The molecule has 3 rings (SSSR count). The van der Waals surface area contributed by atoms with E-state index in [1.54, 1.807) is 43.5 Å². The molecule has 0 radical (unpaired) electrons. The second kappa shape index (κ2) is 10.6. The first-order valence-electron chi connectivity index (χ1n) is 9.35. The van der Waals surface area contributed by atoms with Crippen LogP contribution in [0.5, 0.6) is 17.2 Å². The first-order chi connectivity index (χ1) is 15.0. The van der Waals surface area contributed by atoms with Gasteiger partial charge in [0.1, 0.15) is 29.7 Å². The highest BCUT2D eigenvalue weighted by molar-refractivity contribution is 7.99. The Morgan fingerprint density at radius 2 is 1.87 bits per heavy atom. The molecule has 0 atom stereocenters. The quantitative estimate of drug-likeness (QED) is 0.250. The van der Waals surface area contributed by atoms with E-state index < -0.39 is 0 Å². The molecule has 0 saturated carbocycles. The van der Waals surface area contributed by atoms with E-state index in [1.807, 2.05) is 4.57 Å². The number of Topliss-reactive ketones (excluding diaryl/α,β-unsaturated/α-hetero) is 1. The Balaban J connectivity index is 1.69.